The first kappa shape index (κ1) is 20.8. The lowest BCUT2D eigenvalue weighted by Gasteiger charge is -2.16. The van der Waals surface area contributed by atoms with Crippen LogP contribution in [0.5, 0.6) is 0 Å². The maximum Gasteiger partial charge on any atom is 0.421 e. The van der Waals surface area contributed by atoms with Crippen LogP contribution < -0.4 is 4.90 Å². The fourth-order valence-corrected chi connectivity index (χ4v) is 3.71. The van der Waals surface area contributed by atoms with E-state index < -0.39 is 40.6 Å². The van der Waals surface area contributed by atoms with Crippen molar-refractivity contribution in [3.8, 4) is 0 Å². The number of rotatable bonds is 5. The number of imide groups is 1. The van der Waals surface area contributed by atoms with Gasteiger partial charge in [-0.15, -0.1) is 0 Å². The Morgan fingerprint density at radius 2 is 2.00 bits per heavy atom. The number of carbonyl (C=O) groups is 2. The molecule has 2 aromatic rings. The van der Waals surface area contributed by atoms with Gasteiger partial charge in [0.05, 0.1) is 11.3 Å². The highest BCUT2D eigenvalue weighted by molar-refractivity contribution is 7.85. The molecule has 1 atom stereocenters. The Hall–Kier alpha value is -2.95. The van der Waals surface area contributed by atoms with Gasteiger partial charge in [0.25, 0.3) is 16.0 Å². The summed E-state index contributed by atoms with van der Waals surface area (Å²) in [5.41, 5.74) is 3.76. The molecule has 0 fully saturated rings. The van der Waals surface area contributed by atoms with Gasteiger partial charge in [-0.3, -0.25) is 9.35 Å². The van der Waals surface area contributed by atoms with Crippen molar-refractivity contribution < 1.29 is 32.4 Å². The number of hydrogen-bond donors (Lipinski definition) is 3. The third-order valence-electron chi connectivity index (χ3n) is 4.33. The Balaban J connectivity index is 1.86. The molecule has 1 aromatic carbocycles. The van der Waals surface area contributed by atoms with Crippen LogP contribution in [-0.4, -0.2) is 53.5 Å². The second kappa shape index (κ2) is 7.82. The van der Waals surface area contributed by atoms with Crippen molar-refractivity contribution in [2.75, 3.05) is 17.3 Å². The zero-order valence-corrected chi connectivity index (χ0v) is 16.6. The van der Waals surface area contributed by atoms with Crippen molar-refractivity contribution in [1.82, 2.24) is 4.98 Å². The molecule has 1 aliphatic rings. The van der Waals surface area contributed by atoms with E-state index in [1.165, 1.54) is 0 Å². The van der Waals surface area contributed by atoms with Gasteiger partial charge >= 0.3 is 6.09 Å². The van der Waals surface area contributed by atoms with Crippen LogP contribution in [0.1, 0.15) is 22.5 Å². The van der Waals surface area contributed by atoms with Gasteiger partial charge in [-0.2, -0.15) is 8.42 Å². The summed E-state index contributed by atoms with van der Waals surface area (Å²) < 4.78 is 35.2. The molecule has 29 heavy (non-hydrogen) atoms. The third kappa shape index (κ3) is 4.56. The van der Waals surface area contributed by atoms with Gasteiger partial charge in [0.2, 0.25) is 0 Å². The molecular formula is C19H20N2O7S. The minimum atomic E-state index is -4.43. The normalized spacial score (nSPS) is 16.2. The maximum atomic E-state index is 12.9. The Morgan fingerprint density at radius 1 is 1.31 bits per heavy atom. The van der Waals surface area contributed by atoms with Crippen LogP contribution in [0.3, 0.4) is 0 Å². The number of amides is 2. The van der Waals surface area contributed by atoms with Crippen LogP contribution in [0.4, 0.5) is 10.5 Å². The number of ether oxygens (including phenoxy) is 1. The Labute approximate surface area is 167 Å². The average Bonchev–Trinajstić information content (AvgIpc) is 3.08. The first-order valence-electron chi connectivity index (χ1n) is 8.68. The number of aliphatic hydroxyl groups excluding tert-OH is 1. The Morgan fingerprint density at radius 3 is 2.62 bits per heavy atom. The van der Waals surface area contributed by atoms with Crippen LogP contribution in [0, 0.1) is 13.8 Å². The quantitative estimate of drug-likeness (QED) is 0.496. The van der Waals surface area contributed by atoms with Crippen molar-refractivity contribution in [1.29, 1.82) is 0 Å². The van der Waals surface area contributed by atoms with Crippen molar-refractivity contribution in [2.24, 2.45) is 0 Å². The molecule has 9 nitrogen and oxygen atoms in total. The molecule has 2 amide bonds. The molecule has 0 aliphatic carbocycles. The second-order valence-corrected chi connectivity index (χ2v) is 8.24. The van der Waals surface area contributed by atoms with Crippen LogP contribution in [0.2, 0.25) is 0 Å². The lowest BCUT2D eigenvalue weighted by Crippen LogP contribution is -2.36. The lowest BCUT2D eigenvalue weighted by molar-refractivity contribution is -0.112. The summed E-state index contributed by atoms with van der Waals surface area (Å²) in [6, 6.07) is 8.60. The second-order valence-electron chi connectivity index (χ2n) is 6.74. The molecule has 1 aromatic heterocycles. The Bertz CT molecular complexity index is 1100. The van der Waals surface area contributed by atoms with E-state index in [0.717, 1.165) is 21.9 Å². The van der Waals surface area contributed by atoms with E-state index >= 15 is 0 Å². The summed E-state index contributed by atoms with van der Waals surface area (Å²) in [5.74, 6) is -1.59. The molecule has 0 bridgehead atoms. The molecule has 10 heteroatoms. The van der Waals surface area contributed by atoms with Crippen LogP contribution in [0.25, 0.3) is 11.6 Å². The highest BCUT2D eigenvalue weighted by Gasteiger charge is 2.38. The molecule has 0 radical (unpaired) electrons. The molecule has 2 heterocycles. The molecule has 0 saturated heterocycles. The van der Waals surface area contributed by atoms with Crippen molar-refractivity contribution in [3.05, 3.63) is 52.8 Å². The van der Waals surface area contributed by atoms with E-state index in [4.69, 9.17) is 9.29 Å². The number of anilines is 1. The van der Waals surface area contributed by atoms with Gasteiger partial charge in [0.1, 0.15) is 18.5 Å². The number of carbonyl (C=O) groups excluding carboxylic acids is 2. The fourth-order valence-electron chi connectivity index (χ4n) is 3.13. The molecule has 0 saturated carbocycles. The summed E-state index contributed by atoms with van der Waals surface area (Å²) in [6.45, 7) is 3.09. The molecular weight excluding hydrogens is 400 g/mol. The molecule has 0 spiro atoms. The van der Waals surface area contributed by atoms with E-state index in [2.05, 4.69) is 4.98 Å². The van der Waals surface area contributed by atoms with Crippen molar-refractivity contribution in [3.63, 3.8) is 0 Å². The number of fused-ring (bicyclic) bond motifs is 1. The average molecular weight is 420 g/mol. The smallest absolute Gasteiger partial charge is 0.421 e. The Kier molecular flexibility index (Phi) is 5.60. The third-order valence-corrected chi connectivity index (χ3v) is 5.14. The molecule has 3 N–H and O–H groups in total. The number of nitrogens with zero attached hydrogens (tertiary/aromatic N) is 1. The molecule has 1 aliphatic heterocycles. The van der Waals surface area contributed by atoms with E-state index in [-0.39, 0.29) is 0 Å². The van der Waals surface area contributed by atoms with Gasteiger partial charge in [-0.25, -0.2) is 9.69 Å². The number of aromatic nitrogens is 1. The van der Waals surface area contributed by atoms with Gasteiger partial charge in [-0.1, -0.05) is 18.2 Å². The number of benzene rings is 1. The SMILES string of the molecule is Cc1cc(C)c(/C=C2\C(=O)N(C(=O)OCC(O)CS(=O)(=O)O)c3ccccc32)[nH]1. The van der Waals surface area contributed by atoms with E-state index in [1.54, 1.807) is 30.3 Å². The first-order chi connectivity index (χ1) is 13.6. The lowest BCUT2D eigenvalue weighted by atomic mass is 10.1. The van der Waals surface area contributed by atoms with Crippen LogP contribution in [0.15, 0.2) is 30.3 Å². The van der Waals surface area contributed by atoms with E-state index in [0.29, 0.717) is 16.8 Å². The summed E-state index contributed by atoms with van der Waals surface area (Å²) in [4.78, 5) is 29.4. The highest BCUT2D eigenvalue weighted by Crippen LogP contribution is 2.38. The van der Waals surface area contributed by atoms with E-state index in [9.17, 15) is 23.1 Å². The molecule has 154 valence electrons. The summed E-state index contributed by atoms with van der Waals surface area (Å²) >= 11 is 0. The van der Waals surface area contributed by atoms with Crippen molar-refractivity contribution in [2.45, 2.75) is 20.0 Å². The minimum absolute atomic E-state index is 0.293. The van der Waals surface area contributed by atoms with Crippen molar-refractivity contribution >= 4 is 39.5 Å². The van der Waals surface area contributed by atoms with Gasteiger partial charge in [0, 0.05) is 17.0 Å². The zero-order chi connectivity index (χ0) is 21.3. The van der Waals surface area contributed by atoms with Gasteiger partial charge in [0.15, 0.2) is 0 Å². The topological polar surface area (TPSA) is 137 Å². The first-order valence-corrected chi connectivity index (χ1v) is 10.3. The van der Waals surface area contributed by atoms with E-state index in [1.807, 2.05) is 19.9 Å². The zero-order valence-electron chi connectivity index (χ0n) is 15.7. The molecule has 1 unspecified atom stereocenters. The predicted molar refractivity (Wildman–Crippen MR) is 106 cm³/mol. The monoisotopic (exact) mass is 420 g/mol. The number of aliphatic hydroxyl groups is 1. The number of aromatic amines is 1. The number of para-hydroxylation sites is 1. The highest BCUT2D eigenvalue weighted by atomic mass is 32.2. The fraction of sp³-hybridized carbons (Fsp3) is 0.263. The maximum absolute atomic E-state index is 12.9. The minimum Gasteiger partial charge on any atom is -0.446 e. The van der Waals surface area contributed by atoms with Gasteiger partial charge in [-0.05, 0) is 37.6 Å². The number of nitrogens with one attached hydrogen (secondary N) is 1. The molecule has 3 rings (SSSR count). The van der Waals surface area contributed by atoms with Crippen LogP contribution in [-0.2, 0) is 19.6 Å². The van der Waals surface area contributed by atoms with Crippen LogP contribution >= 0.6 is 0 Å². The predicted octanol–water partition coefficient (Wildman–Crippen LogP) is 1.90. The number of H-pyrrole nitrogens is 1. The standard InChI is InChI=1S/C19H20N2O7S/c1-11-7-12(2)20-16(11)8-15-14-5-3-4-6-17(14)21(18(15)23)19(24)28-9-13(22)10-29(25,26)27/h3-8,13,20,22H,9-10H2,1-2H3,(H,25,26,27)/b15-8-. The van der Waals surface area contributed by atoms with Gasteiger partial charge < -0.3 is 14.8 Å². The number of hydrogen-bond acceptors (Lipinski definition) is 6. The summed E-state index contributed by atoms with van der Waals surface area (Å²) in [7, 11) is -4.43. The summed E-state index contributed by atoms with van der Waals surface area (Å²) in [5, 5.41) is 9.58. The number of aryl methyl sites for hydroxylation is 2. The summed E-state index contributed by atoms with van der Waals surface area (Å²) in [6.07, 6.45) is -1.02. The largest absolute Gasteiger partial charge is 0.446 e.